The number of carbonyl (C=O) groups is 1. The molecule has 1 aromatic carbocycles. The minimum Gasteiger partial charge on any atom is -0.484 e. The van der Waals surface area contributed by atoms with Gasteiger partial charge < -0.3 is 9.84 Å². The molecule has 0 unspecified atom stereocenters. The number of aliphatic hydroxyl groups is 1. The number of alkyl halides is 3. The van der Waals surface area contributed by atoms with Crippen LogP contribution in [-0.4, -0.2) is 40.2 Å². The first-order valence-corrected chi connectivity index (χ1v) is 7.04. The molecular weight excluding hydrogens is 360 g/mol. The summed E-state index contributed by atoms with van der Waals surface area (Å²) in [4.78, 5) is 12.0. The molecule has 2 rings (SSSR count). The standard InChI is InChI=1S/C13H11Cl2F3N2O3/c1-7-5-12(22,13(16,17)18)20(19-7)11(21)6-23-8-2-3-9(14)10(15)4-8/h2-4,22H,5-6H2,1H3/t12-/m1/s1. The van der Waals surface area contributed by atoms with Crippen molar-refractivity contribution in [1.82, 2.24) is 5.01 Å². The molecule has 1 N–H and O–H groups in total. The Morgan fingerprint density at radius 3 is 2.65 bits per heavy atom. The van der Waals surface area contributed by atoms with E-state index in [1.54, 1.807) is 0 Å². The number of hydrogen-bond acceptors (Lipinski definition) is 4. The maximum absolute atomic E-state index is 13.0. The zero-order valence-corrected chi connectivity index (χ0v) is 13.2. The third-order valence-electron chi connectivity index (χ3n) is 3.07. The molecular formula is C13H11Cl2F3N2O3. The minimum atomic E-state index is -5.05. The summed E-state index contributed by atoms with van der Waals surface area (Å²) in [6.07, 6.45) is -5.86. The van der Waals surface area contributed by atoms with E-state index in [0.717, 1.165) is 0 Å². The van der Waals surface area contributed by atoms with Crippen molar-refractivity contribution in [2.45, 2.75) is 25.2 Å². The van der Waals surface area contributed by atoms with E-state index in [1.807, 2.05) is 0 Å². The van der Waals surface area contributed by atoms with Gasteiger partial charge >= 0.3 is 6.18 Å². The van der Waals surface area contributed by atoms with Gasteiger partial charge in [-0.25, -0.2) is 0 Å². The molecule has 0 fully saturated rings. The van der Waals surface area contributed by atoms with Gasteiger partial charge in [-0.1, -0.05) is 23.2 Å². The van der Waals surface area contributed by atoms with Crippen LogP contribution in [0.4, 0.5) is 13.2 Å². The van der Waals surface area contributed by atoms with Crippen molar-refractivity contribution in [2.75, 3.05) is 6.61 Å². The van der Waals surface area contributed by atoms with Crippen LogP contribution >= 0.6 is 23.2 Å². The Kier molecular flexibility index (Phi) is 4.79. The molecule has 1 heterocycles. The van der Waals surface area contributed by atoms with Gasteiger partial charge in [-0.15, -0.1) is 0 Å². The highest BCUT2D eigenvalue weighted by Crippen LogP contribution is 2.40. The Morgan fingerprint density at radius 2 is 2.09 bits per heavy atom. The summed E-state index contributed by atoms with van der Waals surface area (Å²) in [7, 11) is 0. The smallest absolute Gasteiger partial charge is 0.438 e. The first-order valence-electron chi connectivity index (χ1n) is 6.28. The molecule has 0 saturated heterocycles. The molecule has 126 valence electrons. The number of halogens is 5. The highest BCUT2D eigenvalue weighted by atomic mass is 35.5. The van der Waals surface area contributed by atoms with E-state index < -0.39 is 30.8 Å². The Hall–Kier alpha value is -1.51. The molecule has 0 radical (unpaired) electrons. The van der Waals surface area contributed by atoms with E-state index >= 15 is 0 Å². The van der Waals surface area contributed by atoms with Gasteiger partial charge in [0.05, 0.1) is 10.0 Å². The molecule has 23 heavy (non-hydrogen) atoms. The van der Waals surface area contributed by atoms with Crippen LogP contribution in [0, 0.1) is 0 Å². The second kappa shape index (κ2) is 6.18. The lowest BCUT2D eigenvalue weighted by Gasteiger charge is -2.32. The summed E-state index contributed by atoms with van der Waals surface area (Å²) in [5, 5.41) is 13.7. The highest BCUT2D eigenvalue weighted by molar-refractivity contribution is 6.42. The molecule has 1 atom stereocenters. The number of carbonyl (C=O) groups excluding carboxylic acids is 1. The number of nitrogens with zero attached hydrogens (tertiary/aromatic N) is 2. The van der Waals surface area contributed by atoms with Gasteiger partial charge in [-0.3, -0.25) is 4.79 Å². The van der Waals surface area contributed by atoms with Gasteiger partial charge in [0.1, 0.15) is 5.75 Å². The molecule has 1 aliphatic heterocycles. The lowest BCUT2D eigenvalue weighted by atomic mass is 10.1. The van der Waals surface area contributed by atoms with Crippen molar-refractivity contribution in [1.29, 1.82) is 0 Å². The molecule has 0 aliphatic carbocycles. The first kappa shape index (κ1) is 17.8. The molecule has 1 aromatic rings. The van der Waals surface area contributed by atoms with Crippen LogP contribution in [0.15, 0.2) is 23.3 Å². The van der Waals surface area contributed by atoms with Gasteiger partial charge in [0.2, 0.25) is 0 Å². The Labute approximate surface area is 139 Å². The van der Waals surface area contributed by atoms with E-state index in [-0.39, 0.29) is 26.5 Å². The van der Waals surface area contributed by atoms with Gasteiger partial charge in [0.25, 0.3) is 11.6 Å². The van der Waals surface area contributed by atoms with Crippen molar-refractivity contribution >= 4 is 34.8 Å². The second-order valence-corrected chi connectivity index (χ2v) is 5.71. The van der Waals surface area contributed by atoms with Crippen molar-refractivity contribution in [3.8, 4) is 5.75 Å². The highest BCUT2D eigenvalue weighted by Gasteiger charge is 2.62. The average molecular weight is 371 g/mol. The fourth-order valence-corrected chi connectivity index (χ4v) is 2.26. The predicted octanol–water partition coefficient (Wildman–Crippen LogP) is 3.23. The van der Waals surface area contributed by atoms with Gasteiger partial charge in [-0.05, 0) is 19.1 Å². The summed E-state index contributed by atoms with van der Waals surface area (Å²) in [5.74, 6) is -1.00. The molecule has 0 saturated carbocycles. The summed E-state index contributed by atoms with van der Waals surface area (Å²) in [6.45, 7) is 0.525. The van der Waals surface area contributed by atoms with Gasteiger partial charge in [0, 0.05) is 18.2 Å². The van der Waals surface area contributed by atoms with Crippen LogP contribution in [0.3, 0.4) is 0 Å². The zero-order valence-electron chi connectivity index (χ0n) is 11.7. The van der Waals surface area contributed by atoms with Crippen molar-refractivity contribution in [3.63, 3.8) is 0 Å². The largest absolute Gasteiger partial charge is 0.484 e. The molecule has 1 amide bonds. The topological polar surface area (TPSA) is 62.1 Å². The number of ether oxygens (including phenoxy) is 1. The molecule has 10 heteroatoms. The number of rotatable bonds is 3. The molecule has 5 nitrogen and oxygen atoms in total. The van der Waals surface area contributed by atoms with Crippen molar-refractivity contribution in [3.05, 3.63) is 28.2 Å². The summed E-state index contributed by atoms with van der Waals surface area (Å²) < 4.78 is 44.1. The van der Waals surface area contributed by atoms with Gasteiger partial charge in [-0.2, -0.15) is 23.3 Å². The number of hydrogen-bond donors (Lipinski definition) is 1. The summed E-state index contributed by atoms with van der Waals surface area (Å²) in [6, 6.07) is 4.12. The maximum atomic E-state index is 13.0. The van der Waals surface area contributed by atoms with E-state index in [9.17, 15) is 23.1 Å². The fourth-order valence-electron chi connectivity index (χ4n) is 1.98. The lowest BCUT2D eigenvalue weighted by molar-refractivity contribution is -0.302. The minimum absolute atomic E-state index is 0.000140. The van der Waals surface area contributed by atoms with Crippen LogP contribution in [0.2, 0.25) is 10.0 Å². The normalized spacial score (nSPS) is 21.3. The fraction of sp³-hybridized carbons (Fsp3) is 0.385. The third kappa shape index (κ3) is 3.54. The average Bonchev–Trinajstić information content (AvgIpc) is 2.76. The predicted molar refractivity (Wildman–Crippen MR) is 77.5 cm³/mol. The maximum Gasteiger partial charge on any atom is 0.438 e. The Bertz CT molecular complexity index is 666. The summed E-state index contributed by atoms with van der Waals surface area (Å²) in [5.41, 5.74) is -3.39. The number of amides is 1. The van der Waals surface area contributed by atoms with E-state index in [2.05, 4.69) is 5.10 Å². The van der Waals surface area contributed by atoms with Crippen molar-refractivity contribution < 1.29 is 27.8 Å². The van der Waals surface area contributed by atoms with Gasteiger partial charge in [0.15, 0.2) is 6.61 Å². The quantitative estimate of drug-likeness (QED) is 0.888. The lowest BCUT2D eigenvalue weighted by Crippen LogP contribution is -2.57. The number of hydrazone groups is 1. The van der Waals surface area contributed by atoms with Crippen LogP contribution in [0.25, 0.3) is 0 Å². The third-order valence-corrected chi connectivity index (χ3v) is 3.81. The summed E-state index contributed by atoms with van der Waals surface area (Å²) >= 11 is 11.5. The van der Waals surface area contributed by atoms with Crippen LogP contribution in [-0.2, 0) is 4.79 Å². The monoisotopic (exact) mass is 370 g/mol. The van der Waals surface area contributed by atoms with E-state index in [4.69, 9.17) is 27.9 Å². The Balaban J connectivity index is 2.11. The molecule has 0 spiro atoms. The molecule has 1 aliphatic rings. The molecule has 0 aromatic heterocycles. The molecule has 0 bridgehead atoms. The Morgan fingerprint density at radius 1 is 1.43 bits per heavy atom. The van der Waals surface area contributed by atoms with E-state index in [1.165, 1.54) is 25.1 Å². The van der Waals surface area contributed by atoms with Crippen LogP contribution in [0.1, 0.15) is 13.3 Å². The first-order chi connectivity index (χ1) is 10.5. The zero-order chi connectivity index (χ0) is 17.4. The van der Waals surface area contributed by atoms with Crippen LogP contribution in [0.5, 0.6) is 5.75 Å². The van der Waals surface area contributed by atoms with Crippen molar-refractivity contribution in [2.24, 2.45) is 5.10 Å². The number of benzene rings is 1. The second-order valence-electron chi connectivity index (χ2n) is 4.90. The SMILES string of the molecule is CC1=NN(C(=O)COc2ccc(Cl)c(Cl)c2)[C@](O)(C(F)(F)F)C1. The van der Waals surface area contributed by atoms with Crippen LogP contribution < -0.4 is 4.74 Å². The van der Waals surface area contributed by atoms with E-state index in [0.29, 0.717) is 0 Å².